The third kappa shape index (κ3) is 3.55. The van der Waals surface area contributed by atoms with Crippen molar-refractivity contribution in [1.29, 1.82) is 0 Å². The number of aromatic amines is 1. The quantitative estimate of drug-likeness (QED) is 0.555. The maximum absolute atomic E-state index is 11.8. The number of pyridine rings is 1. The third-order valence-electron chi connectivity index (χ3n) is 3.01. The van der Waals surface area contributed by atoms with E-state index < -0.39 is 22.5 Å². The van der Waals surface area contributed by atoms with Crippen molar-refractivity contribution in [2.45, 2.75) is 6.10 Å². The largest absolute Gasteiger partial charge is 0.387 e. The Kier molecular flexibility index (Phi) is 4.64. The number of amides is 1. The number of aliphatic hydroxyl groups excluding tert-OH is 1. The molecule has 0 aliphatic heterocycles. The van der Waals surface area contributed by atoms with Gasteiger partial charge in [0.05, 0.1) is 11.0 Å². The standard InChI is InChI=1S/C14H13N3O5/c18-12(9-3-5-10(6-4-9)17(21)22)8-16-14(20)11-2-1-7-15-13(11)19/h1-7,12,18H,8H2,(H,15,19)(H,16,20). The summed E-state index contributed by atoms with van der Waals surface area (Å²) in [5, 5.41) is 22.9. The summed E-state index contributed by atoms with van der Waals surface area (Å²) in [6, 6.07) is 8.23. The SMILES string of the molecule is O=C(NCC(O)c1ccc([N+](=O)[O-])cc1)c1ccc[nH]c1=O. The van der Waals surface area contributed by atoms with E-state index in [4.69, 9.17) is 0 Å². The molecular formula is C14H13N3O5. The van der Waals surface area contributed by atoms with E-state index in [1.54, 1.807) is 0 Å². The van der Waals surface area contributed by atoms with Crippen LogP contribution in [0.25, 0.3) is 0 Å². The summed E-state index contributed by atoms with van der Waals surface area (Å²) in [5.74, 6) is -0.609. The minimum atomic E-state index is -1.03. The minimum Gasteiger partial charge on any atom is -0.387 e. The predicted octanol–water partition coefficient (Wildman–Crippen LogP) is 0.746. The van der Waals surface area contributed by atoms with Crippen LogP contribution in [0.15, 0.2) is 47.4 Å². The molecule has 1 unspecified atom stereocenters. The number of hydrogen-bond acceptors (Lipinski definition) is 5. The number of hydrogen-bond donors (Lipinski definition) is 3. The average Bonchev–Trinajstić information content (AvgIpc) is 2.52. The van der Waals surface area contributed by atoms with Crippen LogP contribution in [-0.2, 0) is 0 Å². The zero-order chi connectivity index (χ0) is 16.1. The van der Waals surface area contributed by atoms with Gasteiger partial charge >= 0.3 is 0 Å². The van der Waals surface area contributed by atoms with E-state index in [9.17, 15) is 24.8 Å². The molecule has 0 aliphatic rings. The lowest BCUT2D eigenvalue weighted by atomic mass is 10.1. The first kappa shape index (κ1) is 15.4. The number of H-pyrrole nitrogens is 1. The molecule has 22 heavy (non-hydrogen) atoms. The van der Waals surface area contributed by atoms with Crippen molar-refractivity contribution in [3.63, 3.8) is 0 Å². The first-order valence-electron chi connectivity index (χ1n) is 6.37. The summed E-state index contributed by atoms with van der Waals surface area (Å²) < 4.78 is 0. The van der Waals surface area contributed by atoms with Crippen molar-refractivity contribution in [2.75, 3.05) is 6.54 Å². The van der Waals surface area contributed by atoms with Gasteiger partial charge in [0.1, 0.15) is 5.56 Å². The Hall–Kier alpha value is -3.00. The van der Waals surface area contributed by atoms with Gasteiger partial charge < -0.3 is 15.4 Å². The van der Waals surface area contributed by atoms with Crippen LogP contribution in [0.1, 0.15) is 22.0 Å². The number of nitrogens with zero attached hydrogens (tertiary/aromatic N) is 1. The van der Waals surface area contributed by atoms with Crippen LogP contribution in [0.3, 0.4) is 0 Å². The summed E-state index contributed by atoms with van der Waals surface area (Å²) in [7, 11) is 0. The van der Waals surface area contributed by atoms with Crippen LogP contribution in [0, 0.1) is 10.1 Å². The van der Waals surface area contributed by atoms with Crippen LogP contribution in [0.2, 0.25) is 0 Å². The molecule has 0 saturated carbocycles. The van der Waals surface area contributed by atoms with Crippen LogP contribution < -0.4 is 10.9 Å². The molecule has 0 fully saturated rings. The number of aliphatic hydroxyl groups is 1. The van der Waals surface area contributed by atoms with Gasteiger partial charge in [-0.1, -0.05) is 0 Å². The summed E-state index contributed by atoms with van der Waals surface area (Å²) in [6.07, 6.45) is 0.373. The molecule has 1 heterocycles. The monoisotopic (exact) mass is 303 g/mol. The number of rotatable bonds is 5. The van der Waals surface area contributed by atoms with Gasteiger partial charge in [-0.15, -0.1) is 0 Å². The number of nitro benzene ring substituents is 1. The van der Waals surface area contributed by atoms with E-state index in [0.29, 0.717) is 5.56 Å². The number of nitro groups is 1. The molecule has 0 spiro atoms. The molecule has 1 atom stereocenters. The number of carbonyl (C=O) groups is 1. The van der Waals surface area contributed by atoms with Crippen LogP contribution in [-0.4, -0.2) is 27.5 Å². The molecule has 0 aliphatic carbocycles. The molecule has 1 amide bonds. The lowest BCUT2D eigenvalue weighted by Gasteiger charge is -2.11. The Morgan fingerprint density at radius 3 is 2.59 bits per heavy atom. The van der Waals surface area contributed by atoms with E-state index in [-0.39, 0.29) is 17.8 Å². The van der Waals surface area contributed by atoms with Crippen LogP contribution in [0.4, 0.5) is 5.69 Å². The molecule has 0 saturated heterocycles. The highest BCUT2D eigenvalue weighted by atomic mass is 16.6. The van der Waals surface area contributed by atoms with Crippen molar-refractivity contribution >= 4 is 11.6 Å². The first-order valence-corrected chi connectivity index (χ1v) is 6.37. The molecule has 114 valence electrons. The highest BCUT2D eigenvalue weighted by Crippen LogP contribution is 2.17. The van der Waals surface area contributed by atoms with E-state index in [2.05, 4.69) is 10.3 Å². The number of benzene rings is 1. The van der Waals surface area contributed by atoms with Crippen LogP contribution in [0.5, 0.6) is 0 Å². The Bertz CT molecular complexity index is 739. The van der Waals surface area contributed by atoms with Gasteiger partial charge in [-0.25, -0.2) is 0 Å². The second-order valence-electron chi connectivity index (χ2n) is 4.49. The molecule has 0 radical (unpaired) electrons. The molecule has 8 nitrogen and oxygen atoms in total. The van der Waals surface area contributed by atoms with Crippen molar-refractivity contribution in [2.24, 2.45) is 0 Å². The van der Waals surface area contributed by atoms with Crippen molar-refractivity contribution in [3.8, 4) is 0 Å². The highest BCUT2D eigenvalue weighted by Gasteiger charge is 2.14. The Morgan fingerprint density at radius 1 is 1.32 bits per heavy atom. The average molecular weight is 303 g/mol. The zero-order valence-electron chi connectivity index (χ0n) is 11.4. The number of nitrogens with one attached hydrogen (secondary N) is 2. The van der Waals surface area contributed by atoms with E-state index in [1.807, 2.05) is 0 Å². The van der Waals surface area contributed by atoms with Gasteiger partial charge in [0.15, 0.2) is 0 Å². The third-order valence-corrected chi connectivity index (χ3v) is 3.01. The summed E-state index contributed by atoms with van der Waals surface area (Å²) in [6.45, 7) is -0.120. The van der Waals surface area contributed by atoms with Crippen molar-refractivity contribution < 1.29 is 14.8 Å². The lowest BCUT2D eigenvalue weighted by molar-refractivity contribution is -0.384. The first-order chi connectivity index (χ1) is 10.5. The van der Waals surface area contributed by atoms with E-state index in [0.717, 1.165) is 0 Å². The Balaban J connectivity index is 1.99. The summed E-state index contributed by atoms with van der Waals surface area (Å²) >= 11 is 0. The van der Waals surface area contributed by atoms with Gasteiger partial charge in [-0.05, 0) is 29.8 Å². The van der Waals surface area contributed by atoms with Gasteiger partial charge in [-0.2, -0.15) is 0 Å². The predicted molar refractivity (Wildman–Crippen MR) is 77.5 cm³/mol. The molecule has 1 aromatic heterocycles. The van der Waals surface area contributed by atoms with E-state index in [1.165, 1.54) is 42.6 Å². The molecule has 8 heteroatoms. The van der Waals surface area contributed by atoms with Crippen LogP contribution >= 0.6 is 0 Å². The van der Waals surface area contributed by atoms with Gasteiger partial charge in [0.25, 0.3) is 17.2 Å². The fourth-order valence-electron chi connectivity index (χ4n) is 1.82. The maximum atomic E-state index is 11.8. The van der Waals surface area contributed by atoms with E-state index >= 15 is 0 Å². The second-order valence-corrected chi connectivity index (χ2v) is 4.49. The normalized spacial score (nSPS) is 11.7. The van der Waals surface area contributed by atoms with Gasteiger partial charge in [-0.3, -0.25) is 19.7 Å². The molecule has 0 bridgehead atoms. The molecule has 1 aromatic carbocycles. The maximum Gasteiger partial charge on any atom is 0.269 e. The topological polar surface area (TPSA) is 125 Å². The lowest BCUT2D eigenvalue weighted by Crippen LogP contribution is -2.32. The number of non-ortho nitro benzene ring substituents is 1. The van der Waals surface area contributed by atoms with Gasteiger partial charge in [0.2, 0.25) is 0 Å². The molecule has 2 rings (SSSR count). The Morgan fingerprint density at radius 2 is 2.00 bits per heavy atom. The Labute approximate surface area is 124 Å². The fraction of sp³-hybridized carbons (Fsp3) is 0.143. The number of aromatic nitrogens is 1. The number of carbonyl (C=O) groups excluding carboxylic acids is 1. The smallest absolute Gasteiger partial charge is 0.269 e. The summed E-state index contributed by atoms with van der Waals surface area (Å²) in [4.78, 5) is 35.6. The minimum absolute atomic E-state index is 0.0570. The fourth-order valence-corrected chi connectivity index (χ4v) is 1.82. The zero-order valence-corrected chi connectivity index (χ0v) is 11.4. The van der Waals surface area contributed by atoms with Gasteiger partial charge in [0, 0.05) is 24.9 Å². The second kappa shape index (κ2) is 6.64. The molecule has 2 aromatic rings. The molecule has 3 N–H and O–H groups in total. The molecular weight excluding hydrogens is 290 g/mol. The highest BCUT2D eigenvalue weighted by molar-refractivity contribution is 5.93. The van der Waals surface area contributed by atoms with Crippen molar-refractivity contribution in [3.05, 3.63) is 74.2 Å². The van der Waals surface area contributed by atoms with Crippen molar-refractivity contribution in [1.82, 2.24) is 10.3 Å². The summed E-state index contributed by atoms with van der Waals surface area (Å²) in [5.41, 5.74) is -0.244.